The van der Waals surface area contributed by atoms with E-state index in [1.807, 2.05) is 54.6 Å². The highest BCUT2D eigenvalue weighted by atomic mass is 79.9. The van der Waals surface area contributed by atoms with Crippen LogP contribution in [0, 0.1) is 13.8 Å². The van der Waals surface area contributed by atoms with Gasteiger partial charge in [0, 0.05) is 21.2 Å². The number of nitrogens with one attached hydrogen (secondary N) is 1. The van der Waals surface area contributed by atoms with Gasteiger partial charge in [-0.1, -0.05) is 62.5 Å². The Morgan fingerprint density at radius 3 is 2.28 bits per heavy atom. The highest BCUT2D eigenvalue weighted by Gasteiger charge is 2.12. The first-order valence-electron chi connectivity index (χ1n) is 9.24. The number of hydrogen-bond acceptors (Lipinski definition) is 4. The smallest absolute Gasteiger partial charge is 0.258 e. The molecule has 29 heavy (non-hydrogen) atoms. The van der Waals surface area contributed by atoms with Crippen LogP contribution in [0.15, 0.2) is 69.7 Å². The Kier molecular flexibility index (Phi) is 4.28. The second-order valence-electron chi connectivity index (χ2n) is 7.12. The lowest BCUT2D eigenvalue weighted by atomic mass is 10.1. The van der Waals surface area contributed by atoms with Gasteiger partial charge in [-0.25, -0.2) is 4.98 Å². The number of imidazole rings is 1. The Morgan fingerprint density at radius 2 is 1.52 bits per heavy atom. The molecule has 3 aromatic carbocycles. The largest absolute Gasteiger partial charge is 0.338 e. The molecule has 0 radical (unpaired) electrons. The third kappa shape index (κ3) is 3.47. The van der Waals surface area contributed by atoms with Crippen molar-refractivity contribution in [3.05, 3.63) is 76.3 Å². The maximum atomic E-state index is 5.50. The van der Waals surface area contributed by atoms with E-state index < -0.39 is 0 Å². The number of benzene rings is 3. The van der Waals surface area contributed by atoms with Gasteiger partial charge in [-0.05, 0) is 44.2 Å². The summed E-state index contributed by atoms with van der Waals surface area (Å²) < 4.78 is 6.51. The van der Waals surface area contributed by atoms with Crippen LogP contribution in [0.5, 0.6) is 0 Å². The van der Waals surface area contributed by atoms with Gasteiger partial charge < -0.3 is 9.51 Å². The molecule has 0 spiro atoms. The second kappa shape index (κ2) is 6.97. The minimum absolute atomic E-state index is 0.527. The van der Waals surface area contributed by atoms with Crippen molar-refractivity contribution in [3.63, 3.8) is 0 Å². The molecule has 0 bridgehead atoms. The molecule has 2 heterocycles. The lowest BCUT2D eigenvalue weighted by Gasteiger charge is -2.00. The third-order valence-corrected chi connectivity index (χ3v) is 5.25. The van der Waals surface area contributed by atoms with E-state index >= 15 is 0 Å². The minimum Gasteiger partial charge on any atom is -0.338 e. The third-order valence-electron chi connectivity index (χ3n) is 4.76. The molecule has 2 aromatic heterocycles. The molecular formula is C23H17BrN4O. The molecule has 5 aromatic rings. The Hall–Kier alpha value is -3.25. The Labute approximate surface area is 175 Å². The number of aromatic nitrogens is 4. The van der Waals surface area contributed by atoms with E-state index in [-0.39, 0.29) is 0 Å². The van der Waals surface area contributed by atoms with Crippen molar-refractivity contribution < 1.29 is 4.52 Å². The summed E-state index contributed by atoms with van der Waals surface area (Å²) in [6, 6.07) is 20.2. The number of hydrogen-bond donors (Lipinski definition) is 1. The van der Waals surface area contributed by atoms with Crippen molar-refractivity contribution in [2.75, 3.05) is 0 Å². The molecule has 0 saturated carbocycles. The van der Waals surface area contributed by atoms with E-state index in [0.29, 0.717) is 11.7 Å². The summed E-state index contributed by atoms with van der Waals surface area (Å²) in [4.78, 5) is 12.6. The molecule has 0 aliphatic carbocycles. The van der Waals surface area contributed by atoms with Gasteiger partial charge in [0.15, 0.2) is 0 Å². The van der Waals surface area contributed by atoms with Crippen LogP contribution in [0.25, 0.3) is 45.3 Å². The predicted octanol–water partition coefficient (Wildman–Crippen LogP) is 6.33. The van der Waals surface area contributed by atoms with Crippen molar-refractivity contribution >= 4 is 27.0 Å². The first-order valence-corrected chi connectivity index (χ1v) is 10.0. The Balaban J connectivity index is 1.45. The monoisotopic (exact) mass is 444 g/mol. The summed E-state index contributed by atoms with van der Waals surface area (Å²) in [6.07, 6.45) is 0. The summed E-state index contributed by atoms with van der Waals surface area (Å²) in [5.41, 5.74) is 7.10. The van der Waals surface area contributed by atoms with Gasteiger partial charge >= 0.3 is 0 Å². The topological polar surface area (TPSA) is 67.6 Å². The average Bonchev–Trinajstić information content (AvgIpc) is 3.34. The first kappa shape index (κ1) is 17.8. The average molecular weight is 445 g/mol. The SMILES string of the molecule is Cc1cc(C)cc(-c2nc(-c3ccc(-c4nc5cc(Br)ccc5[nH]4)cc3)no2)c1. The second-order valence-corrected chi connectivity index (χ2v) is 8.04. The summed E-state index contributed by atoms with van der Waals surface area (Å²) in [6.45, 7) is 4.12. The maximum Gasteiger partial charge on any atom is 0.258 e. The van der Waals surface area contributed by atoms with Crippen LogP contribution in [0.3, 0.4) is 0 Å². The van der Waals surface area contributed by atoms with Gasteiger partial charge in [0.25, 0.3) is 5.89 Å². The molecule has 5 rings (SSSR count). The zero-order valence-corrected chi connectivity index (χ0v) is 17.5. The molecule has 6 heteroatoms. The normalized spacial score (nSPS) is 11.3. The van der Waals surface area contributed by atoms with Crippen LogP contribution < -0.4 is 0 Å². The van der Waals surface area contributed by atoms with Crippen molar-refractivity contribution in [1.29, 1.82) is 0 Å². The minimum atomic E-state index is 0.527. The van der Waals surface area contributed by atoms with Crippen molar-refractivity contribution in [2.45, 2.75) is 13.8 Å². The van der Waals surface area contributed by atoms with Crippen LogP contribution in [-0.2, 0) is 0 Å². The van der Waals surface area contributed by atoms with Gasteiger partial charge in [-0.3, -0.25) is 0 Å². The molecule has 0 aliphatic rings. The predicted molar refractivity (Wildman–Crippen MR) is 117 cm³/mol. The molecule has 142 valence electrons. The number of halogens is 1. The molecule has 0 aliphatic heterocycles. The van der Waals surface area contributed by atoms with E-state index in [1.165, 1.54) is 11.1 Å². The summed E-state index contributed by atoms with van der Waals surface area (Å²) in [5, 5.41) is 4.15. The van der Waals surface area contributed by atoms with Crippen molar-refractivity contribution in [1.82, 2.24) is 20.1 Å². The van der Waals surface area contributed by atoms with Crippen LogP contribution in [-0.4, -0.2) is 20.1 Å². The summed E-state index contributed by atoms with van der Waals surface area (Å²) in [7, 11) is 0. The summed E-state index contributed by atoms with van der Waals surface area (Å²) >= 11 is 3.48. The molecule has 0 unspecified atom stereocenters. The fourth-order valence-corrected chi connectivity index (χ4v) is 3.80. The van der Waals surface area contributed by atoms with Crippen LogP contribution >= 0.6 is 15.9 Å². The van der Waals surface area contributed by atoms with E-state index in [0.717, 1.165) is 38.0 Å². The first-order chi connectivity index (χ1) is 14.0. The summed E-state index contributed by atoms with van der Waals surface area (Å²) in [5.74, 6) is 1.92. The fraction of sp³-hybridized carbons (Fsp3) is 0.0870. The maximum absolute atomic E-state index is 5.50. The highest BCUT2D eigenvalue weighted by Crippen LogP contribution is 2.27. The van der Waals surface area contributed by atoms with Crippen molar-refractivity contribution in [2.24, 2.45) is 0 Å². The number of aromatic amines is 1. The molecular weight excluding hydrogens is 428 g/mol. The highest BCUT2D eigenvalue weighted by molar-refractivity contribution is 9.10. The van der Waals surface area contributed by atoms with Crippen LogP contribution in [0.1, 0.15) is 11.1 Å². The number of rotatable bonds is 3. The van der Waals surface area contributed by atoms with E-state index in [4.69, 9.17) is 4.52 Å². The van der Waals surface area contributed by atoms with E-state index in [2.05, 4.69) is 56.0 Å². The zero-order valence-electron chi connectivity index (χ0n) is 15.9. The number of fused-ring (bicyclic) bond motifs is 1. The fourth-order valence-electron chi connectivity index (χ4n) is 3.45. The Morgan fingerprint density at radius 1 is 0.793 bits per heavy atom. The molecule has 5 nitrogen and oxygen atoms in total. The standard InChI is InChI=1S/C23H17BrN4O/c1-13-9-14(2)11-17(10-13)23-27-22(28-29-23)16-5-3-15(4-6-16)21-25-19-8-7-18(24)12-20(19)26-21/h3-12H,1-2H3,(H,25,26). The lowest BCUT2D eigenvalue weighted by Crippen LogP contribution is -1.85. The lowest BCUT2D eigenvalue weighted by molar-refractivity contribution is 0.432. The quantitative estimate of drug-likeness (QED) is 0.353. The van der Waals surface area contributed by atoms with Crippen LogP contribution in [0.4, 0.5) is 0 Å². The molecule has 0 atom stereocenters. The van der Waals surface area contributed by atoms with Gasteiger partial charge in [-0.2, -0.15) is 4.98 Å². The molecule has 0 fully saturated rings. The zero-order chi connectivity index (χ0) is 20.0. The Bertz CT molecular complexity index is 1310. The van der Waals surface area contributed by atoms with Crippen molar-refractivity contribution in [3.8, 4) is 34.2 Å². The van der Waals surface area contributed by atoms with Gasteiger partial charge in [0.1, 0.15) is 5.82 Å². The number of H-pyrrole nitrogens is 1. The van der Waals surface area contributed by atoms with Crippen LogP contribution in [0.2, 0.25) is 0 Å². The van der Waals surface area contributed by atoms with Gasteiger partial charge in [0.2, 0.25) is 5.82 Å². The van der Waals surface area contributed by atoms with E-state index in [9.17, 15) is 0 Å². The molecule has 1 N–H and O–H groups in total. The van der Waals surface area contributed by atoms with Gasteiger partial charge in [-0.15, -0.1) is 0 Å². The van der Waals surface area contributed by atoms with Gasteiger partial charge in [0.05, 0.1) is 11.0 Å². The molecule has 0 amide bonds. The van der Waals surface area contributed by atoms with E-state index in [1.54, 1.807) is 0 Å². The number of nitrogens with zero attached hydrogens (tertiary/aromatic N) is 3. The molecule has 0 saturated heterocycles. The number of aryl methyl sites for hydroxylation is 2.